The maximum absolute atomic E-state index is 12.8. The second-order valence-corrected chi connectivity index (χ2v) is 8.78. The van der Waals surface area contributed by atoms with Gasteiger partial charge in [0, 0.05) is 44.0 Å². The number of carbonyl (C=O) groups excluding carboxylic acids is 1. The van der Waals surface area contributed by atoms with Gasteiger partial charge in [0.1, 0.15) is 9.88 Å². The number of amides is 1. The molecule has 3 aromatic rings. The number of halogens is 3. The van der Waals surface area contributed by atoms with Gasteiger partial charge in [-0.1, -0.05) is 12.1 Å². The third kappa shape index (κ3) is 5.28. The van der Waals surface area contributed by atoms with E-state index in [0.717, 1.165) is 54.6 Å². The van der Waals surface area contributed by atoms with E-state index in [4.69, 9.17) is 0 Å². The van der Waals surface area contributed by atoms with Crippen LogP contribution in [-0.4, -0.2) is 49.0 Å². The van der Waals surface area contributed by atoms with Gasteiger partial charge in [-0.2, -0.15) is 13.2 Å². The lowest BCUT2D eigenvalue weighted by Gasteiger charge is -2.34. The highest BCUT2D eigenvalue weighted by Gasteiger charge is 2.30. The molecule has 1 aliphatic rings. The van der Waals surface area contributed by atoms with E-state index in [1.807, 2.05) is 12.1 Å². The summed E-state index contributed by atoms with van der Waals surface area (Å²) in [7, 11) is 2.12. The van der Waals surface area contributed by atoms with Crippen molar-refractivity contribution in [1.29, 1.82) is 0 Å². The molecule has 2 heterocycles. The molecule has 0 radical (unpaired) electrons. The van der Waals surface area contributed by atoms with E-state index in [2.05, 4.69) is 39.3 Å². The fraction of sp³-hybridized carbons (Fsp3) is 0.304. The fourth-order valence-corrected chi connectivity index (χ4v) is 4.36. The van der Waals surface area contributed by atoms with Gasteiger partial charge in [-0.3, -0.25) is 4.79 Å². The van der Waals surface area contributed by atoms with Gasteiger partial charge in [-0.25, -0.2) is 4.98 Å². The molecule has 9 heteroatoms. The molecule has 1 aromatic heterocycles. The van der Waals surface area contributed by atoms with E-state index in [9.17, 15) is 18.0 Å². The Balaban J connectivity index is 1.37. The number of piperazine rings is 1. The number of nitrogens with one attached hydrogen (secondary N) is 1. The molecule has 1 N–H and O–H groups in total. The van der Waals surface area contributed by atoms with E-state index in [0.29, 0.717) is 10.4 Å². The van der Waals surface area contributed by atoms with Crippen LogP contribution in [0.2, 0.25) is 0 Å². The van der Waals surface area contributed by atoms with Gasteiger partial charge in [0.15, 0.2) is 0 Å². The van der Waals surface area contributed by atoms with Crippen LogP contribution in [0.25, 0.3) is 10.6 Å². The lowest BCUT2D eigenvalue weighted by Crippen LogP contribution is -2.44. The number of benzene rings is 2. The van der Waals surface area contributed by atoms with Crippen molar-refractivity contribution in [1.82, 2.24) is 15.2 Å². The SMILES string of the molecule is CN1CCN(c2ccc(-c3ncc(C(=O)NCc4cccc(C(F)(F)F)c4)s3)cc2)CC1. The first-order valence-electron chi connectivity index (χ1n) is 10.2. The number of aromatic nitrogens is 1. The molecule has 168 valence electrons. The molecule has 1 amide bonds. The van der Waals surface area contributed by atoms with Crippen LogP contribution >= 0.6 is 11.3 Å². The molecule has 1 fully saturated rings. The molecule has 32 heavy (non-hydrogen) atoms. The van der Waals surface area contributed by atoms with Crippen molar-refractivity contribution >= 4 is 22.9 Å². The Morgan fingerprint density at radius 3 is 2.50 bits per heavy atom. The van der Waals surface area contributed by atoms with Crippen LogP contribution in [0, 0.1) is 0 Å². The molecular weight excluding hydrogens is 437 g/mol. The molecule has 5 nitrogen and oxygen atoms in total. The zero-order valence-corrected chi connectivity index (χ0v) is 18.3. The van der Waals surface area contributed by atoms with Crippen LogP contribution in [0.3, 0.4) is 0 Å². The van der Waals surface area contributed by atoms with Crippen LogP contribution in [0.15, 0.2) is 54.7 Å². The Hall–Kier alpha value is -2.91. The van der Waals surface area contributed by atoms with Crippen LogP contribution in [0.5, 0.6) is 0 Å². The predicted molar refractivity (Wildman–Crippen MR) is 120 cm³/mol. The number of hydrogen-bond donors (Lipinski definition) is 1. The van der Waals surface area contributed by atoms with Crippen molar-refractivity contribution in [3.05, 3.63) is 70.7 Å². The zero-order chi connectivity index (χ0) is 22.7. The number of thiazole rings is 1. The predicted octanol–water partition coefficient (Wildman–Crippen LogP) is 4.51. The van der Waals surface area contributed by atoms with E-state index < -0.39 is 11.7 Å². The summed E-state index contributed by atoms with van der Waals surface area (Å²) in [5.74, 6) is -0.361. The third-order valence-electron chi connectivity index (χ3n) is 5.42. The van der Waals surface area contributed by atoms with E-state index in [-0.39, 0.29) is 12.5 Å². The summed E-state index contributed by atoms with van der Waals surface area (Å²) in [4.78, 5) is 21.9. The van der Waals surface area contributed by atoms with Crippen LogP contribution < -0.4 is 10.2 Å². The quantitative estimate of drug-likeness (QED) is 0.609. The standard InChI is InChI=1S/C23H23F3N4OS/c1-29-9-11-30(12-10-29)19-7-5-17(6-8-19)22-28-15-20(32-22)21(31)27-14-16-3-2-4-18(13-16)23(24,25)26/h2-8,13,15H,9-12,14H2,1H3,(H,27,31). The minimum atomic E-state index is -4.41. The molecule has 2 aromatic carbocycles. The topological polar surface area (TPSA) is 48.5 Å². The number of likely N-dealkylation sites (N-methyl/N-ethyl adjacent to an activating group) is 1. The summed E-state index contributed by atoms with van der Waals surface area (Å²) in [6, 6.07) is 13.1. The van der Waals surface area contributed by atoms with Gasteiger partial charge in [0.25, 0.3) is 5.91 Å². The second-order valence-electron chi connectivity index (χ2n) is 7.75. The fourth-order valence-electron chi connectivity index (χ4n) is 3.52. The van der Waals surface area contributed by atoms with Gasteiger partial charge in [-0.15, -0.1) is 11.3 Å². The zero-order valence-electron chi connectivity index (χ0n) is 17.5. The summed E-state index contributed by atoms with van der Waals surface area (Å²) in [6.07, 6.45) is -2.91. The average Bonchev–Trinajstić information content (AvgIpc) is 3.28. The monoisotopic (exact) mass is 460 g/mol. The molecule has 0 aliphatic carbocycles. The van der Waals surface area contributed by atoms with Crippen molar-refractivity contribution in [2.75, 3.05) is 38.1 Å². The first-order chi connectivity index (χ1) is 15.3. The van der Waals surface area contributed by atoms with Crippen LogP contribution in [0.1, 0.15) is 20.8 Å². The molecule has 4 rings (SSSR count). The van der Waals surface area contributed by atoms with Gasteiger partial charge < -0.3 is 15.1 Å². The van der Waals surface area contributed by atoms with Gasteiger partial charge in [0.05, 0.1) is 11.8 Å². The number of anilines is 1. The number of nitrogens with zero attached hydrogens (tertiary/aromatic N) is 3. The van der Waals surface area contributed by atoms with Crippen molar-refractivity contribution in [2.24, 2.45) is 0 Å². The largest absolute Gasteiger partial charge is 0.416 e. The van der Waals surface area contributed by atoms with Crippen LogP contribution in [0.4, 0.5) is 18.9 Å². The van der Waals surface area contributed by atoms with Crippen molar-refractivity contribution in [3.8, 4) is 10.6 Å². The number of carbonyl (C=O) groups is 1. The Morgan fingerprint density at radius 2 is 1.81 bits per heavy atom. The number of rotatable bonds is 5. The lowest BCUT2D eigenvalue weighted by atomic mass is 10.1. The number of alkyl halides is 3. The molecule has 1 aliphatic heterocycles. The Bertz CT molecular complexity index is 1070. The average molecular weight is 461 g/mol. The summed E-state index contributed by atoms with van der Waals surface area (Å²) >= 11 is 1.25. The lowest BCUT2D eigenvalue weighted by molar-refractivity contribution is -0.137. The normalized spacial score (nSPS) is 15.1. The molecule has 0 bridgehead atoms. The summed E-state index contributed by atoms with van der Waals surface area (Å²) in [5.41, 5.74) is 1.74. The Morgan fingerprint density at radius 1 is 1.09 bits per heavy atom. The molecule has 1 saturated heterocycles. The van der Waals surface area contributed by atoms with Crippen molar-refractivity contribution in [2.45, 2.75) is 12.7 Å². The van der Waals surface area contributed by atoms with E-state index >= 15 is 0 Å². The summed E-state index contributed by atoms with van der Waals surface area (Å²) in [5, 5.41) is 3.39. The molecule has 0 unspecified atom stereocenters. The van der Waals surface area contributed by atoms with Gasteiger partial charge >= 0.3 is 6.18 Å². The molecule has 0 spiro atoms. The highest BCUT2D eigenvalue weighted by Crippen LogP contribution is 2.30. The molecule has 0 atom stereocenters. The van der Waals surface area contributed by atoms with Gasteiger partial charge in [-0.05, 0) is 49.0 Å². The van der Waals surface area contributed by atoms with E-state index in [1.54, 1.807) is 6.07 Å². The second kappa shape index (κ2) is 9.30. The highest BCUT2D eigenvalue weighted by molar-refractivity contribution is 7.16. The van der Waals surface area contributed by atoms with E-state index in [1.165, 1.54) is 23.6 Å². The maximum Gasteiger partial charge on any atom is 0.416 e. The Labute approximate surface area is 188 Å². The van der Waals surface area contributed by atoms with Gasteiger partial charge in [0.2, 0.25) is 0 Å². The minimum absolute atomic E-state index is 0.00963. The maximum atomic E-state index is 12.8. The number of hydrogen-bond acceptors (Lipinski definition) is 5. The summed E-state index contributed by atoms with van der Waals surface area (Å²) in [6.45, 7) is 4.06. The first-order valence-corrected chi connectivity index (χ1v) is 11.1. The third-order valence-corrected chi connectivity index (χ3v) is 6.46. The Kier molecular flexibility index (Phi) is 6.48. The minimum Gasteiger partial charge on any atom is -0.369 e. The van der Waals surface area contributed by atoms with Crippen LogP contribution in [-0.2, 0) is 12.7 Å². The molecule has 0 saturated carbocycles. The highest BCUT2D eigenvalue weighted by atomic mass is 32.1. The van der Waals surface area contributed by atoms with Crippen molar-refractivity contribution < 1.29 is 18.0 Å². The molecular formula is C23H23F3N4OS. The summed E-state index contributed by atoms with van der Waals surface area (Å²) < 4.78 is 38.5. The smallest absolute Gasteiger partial charge is 0.369 e. The first kappa shape index (κ1) is 22.3. The van der Waals surface area contributed by atoms with Crippen molar-refractivity contribution in [3.63, 3.8) is 0 Å².